The van der Waals surface area contributed by atoms with E-state index in [1.807, 2.05) is 0 Å². The molecule has 0 N–H and O–H groups in total. The highest BCUT2D eigenvalue weighted by Crippen LogP contribution is 2.29. The molecule has 0 radical (unpaired) electrons. The Balaban J connectivity index is 2.35. The van der Waals surface area contributed by atoms with Crippen molar-refractivity contribution in [2.45, 2.75) is 0 Å². The molecule has 1 heterocycles. The van der Waals surface area contributed by atoms with E-state index in [0.29, 0.717) is 16.2 Å². The molecule has 0 atom stereocenters. The Morgan fingerprint density at radius 2 is 1.74 bits per heavy atom. The molecule has 2 aromatic carbocycles. The van der Waals surface area contributed by atoms with E-state index in [1.165, 1.54) is 18.2 Å². The monoisotopic (exact) mass is 274 g/mol. The van der Waals surface area contributed by atoms with Crippen LogP contribution in [0.4, 0.5) is 4.39 Å². The minimum Gasteiger partial charge on any atom is -0.423 e. The van der Waals surface area contributed by atoms with Crippen LogP contribution < -0.4 is 5.63 Å². The van der Waals surface area contributed by atoms with E-state index in [1.54, 1.807) is 30.3 Å². The smallest absolute Gasteiger partial charge is 0.336 e. The molecule has 0 aliphatic rings. The van der Waals surface area contributed by atoms with Crippen LogP contribution in [0.1, 0.15) is 0 Å². The van der Waals surface area contributed by atoms with Crippen LogP contribution in [0.15, 0.2) is 57.7 Å². The summed E-state index contributed by atoms with van der Waals surface area (Å²) in [5, 5.41) is 1.27. The minimum absolute atomic E-state index is 0.325. The zero-order valence-corrected chi connectivity index (χ0v) is 10.4. The minimum atomic E-state index is -0.450. The van der Waals surface area contributed by atoms with Crippen LogP contribution >= 0.6 is 11.6 Å². The molecular formula is C15H8ClFO2. The van der Waals surface area contributed by atoms with Crippen LogP contribution in [-0.4, -0.2) is 0 Å². The molecule has 1 aromatic heterocycles. The second-order valence-corrected chi connectivity index (χ2v) is 4.56. The summed E-state index contributed by atoms with van der Waals surface area (Å²) in [5.74, 6) is -0.325. The second kappa shape index (κ2) is 4.52. The Kier molecular flexibility index (Phi) is 2.84. The fraction of sp³-hybridized carbons (Fsp3) is 0. The molecule has 2 nitrogen and oxygen atoms in total. The van der Waals surface area contributed by atoms with Gasteiger partial charge in [0.05, 0.1) is 0 Å². The van der Waals surface area contributed by atoms with Gasteiger partial charge >= 0.3 is 5.63 Å². The Morgan fingerprint density at radius 3 is 2.47 bits per heavy atom. The molecule has 94 valence electrons. The molecule has 0 bridgehead atoms. The highest BCUT2D eigenvalue weighted by Gasteiger charge is 2.08. The van der Waals surface area contributed by atoms with Crippen LogP contribution in [0, 0.1) is 5.82 Å². The highest BCUT2D eigenvalue weighted by atomic mass is 35.5. The zero-order chi connectivity index (χ0) is 13.4. The lowest BCUT2D eigenvalue weighted by atomic mass is 10.0. The summed E-state index contributed by atoms with van der Waals surface area (Å²) in [6.45, 7) is 0. The maximum atomic E-state index is 13.0. The second-order valence-electron chi connectivity index (χ2n) is 4.13. The predicted molar refractivity (Wildman–Crippen MR) is 72.9 cm³/mol. The molecule has 0 spiro atoms. The van der Waals surface area contributed by atoms with Crippen molar-refractivity contribution in [3.05, 3.63) is 69.8 Å². The van der Waals surface area contributed by atoms with Gasteiger partial charge in [-0.2, -0.15) is 0 Å². The van der Waals surface area contributed by atoms with Gasteiger partial charge in [0.1, 0.15) is 11.4 Å². The first-order chi connectivity index (χ1) is 9.13. The van der Waals surface area contributed by atoms with Crippen molar-refractivity contribution in [1.82, 2.24) is 0 Å². The number of rotatable bonds is 1. The topological polar surface area (TPSA) is 30.2 Å². The molecule has 19 heavy (non-hydrogen) atoms. The van der Waals surface area contributed by atoms with E-state index < -0.39 is 5.63 Å². The molecule has 0 aliphatic heterocycles. The quantitative estimate of drug-likeness (QED) is 0.621. The number of hydrogen-bond acceptors (Lipinski definition) is 2. The lowest BCUT2D eigenvalue weighted by Gasteiger charge is -2.06. The van der Waals surface area contributed by atoms with Gasteiger partial charge < -0.3 is 4.42 Å². The van der Waals surface area contributed by atoms with Crippen LogP contribution in [0.5, 0.6) is 0 Å². The standard InChI is InChI=1S/C15H8ClFO2/c16-10-3-6-14-13(7-10)12(8-15(18)19-14)9-1-4-11(17)5-2-9/h1-8H. The van der Waals surface area contributed by atoms with Crippen molar-refractivity contribution < 1.29 is 8.81 Å². The van der Waals surface area contributed by atoms with Crippen LogP contribution in [0.25, 0.3) is 22.1 Å². The molecule has 0 unspecified atom stereocenters. The van der Waals surface area contributed by atoms with E-state index in [4.69, 9.17) is 16.0 Å². The van der Waals surface area contributed by atoms with Crippen molar-refractivity contribution >= 4 is 22.6 Å². The lowest BCUT2D eigenvalue weighted by molar-refractivity contribution is 0.561. The predicted octanol–water partition coefficient (Wildman–Crippen LogP) is 4.25. The van der Waals surface area contributed by atoms with Gasteiger partial charge in [0.15, 0.2) is 0 Å². The van der Waals surface area contributed by atoms with Gasteiger partial charge in [0, 0.05) is 16.5 Å². The molecule has 0 saturated heterocycles. The number of hydrogen-bond donors (Lipinski definition) is 0. The average Bonchev–Trinajstić information content (AvgIpc) is 2.39. The first kappa shape index (κ1) is 11.9. The average molecular weight is 275 g/mol. The van der Waals surface area contributed by atoms with E-state index >= 15 is 0 Å². The molecular weight excluding hydrogens is 267 g/mol. The summed E-state index contributed by atoms with van der Waals surface area (Å²) in [5.41, 5.74) is 1.42. The first-order valence-electron chi connectivity index (χ1n) is 5.63. The van der Waals surface area contributed by atoms with Crippen molar-refractivity contribution in [2.75, 3.05) is 0 Å². The summed E-state index contributed by atoms with van der Waals surface area (Å²) in [7, 11) is 0. The summed E-state index contributed by atoms with van der Waals surface area (Å²) in [6.07, 6.45) is 0. The maximum Gasteiger partial charge on any atom is 0.336 e. The largest absolute Gasteiger partial charge is 0.423 e. The van der Waals surface area contributed by atoms with E-state index in [2.05, 4.69) is 0 Å². The van der Waals surface area contributed by atoms with Gasteiger partial charge in [0.25, 0.3) is 0 Å². The normalized spacial score (nSPS) is 10.8. The van der Waals surface area contributed by atoms with Crippen LogP contribution in [0.2, 0.25) is 5.02 Å². The molecule has 0 fully saturated rings. The van der Waals surface area contributed by atoms with E-state index in [0.717, 1.165) is 10.9 Å². The zero-order valence-electron chi connectivity index (χ0n) is 9.69. The molecule has 3 aromatic rings. The molecule has 0 amide bonds. The maximum absolute atomic E-state index is 13.0. The van der Waals surface area contributed by atoms with Gasteiger partial charge in [-0.15, -0.1) is 0 Å². The van der Waals surface area contributed by atoms with Crippen molar-refractivity contribution in [2.24, 2.45) is 0 Å². The van der Waals surface area contributed by atoms with Gasteiger partial charge in [-0.1, -0.05) is 23.7 Å². The first-order valence-corrected chi connectivity index (χ1v) is 6.01. The fourth-order valence-electron chi connectivity index (χ4n) is 2.00. The van der Waals surface area contributed by atoms with E-state index in [-0.39, 0.29) is 5.82 Å². The van der Waals surface area contributed by atoms with Crippen molar-refractivity contribution in [3.63, 3.8) is 0 Å². The SMILES string of the molecule is O=c1cc(-c2ccc(F)cc2)c2cc(Cl)ccc2o1. The van der Waals surface area contributed by atoms with Crippen LogP contribution in [0.3, 0.4) is 0 Å². The summed E-state index contributed by atoms with van der Waals surface area (Å²) in [6, 6.07) is 12.3. The molecule has 4 heteroatoms. The summed E-state index contributed by atoms with van der Waals surface area (Å²) < 4.78 is 18.1. The Bertz CT molecular complexity index is 806. The van der Waals surface area contributed by atoms with Gasteiger partial charge in [0.2, 0.25) is 0 Å². The molecule has 0 saturated carbocycles. The third-order valence-electron chi connectivity index (χ3n) is 2.86. The van der Waals surface area contributed by atoms with Crippen LogP contribution in [-0.2, 0) is 0 Å². The number of benzene rings is 2. The lowest BCUT2D eigenvalue weighted by Crippen LogP contribution is -1.98. The highest BCUT2D eigenvalue weighted by molar-refractivity contribution is 6.31. The summed E-state index contributed by atoms with van der Waals surface area (Å²) in [4.78, 5) is 11.6. The Hall–Kier alpha value is -2.13. The third-order valence-corrected chi connectivity index (χ3v) is 3.09. The van der Waals surface area contributed by atoms with E-state index in [9.17, 15) is 9.18 Å². The van der Waals surface area contributed by atoms with Crippen molar-refractivity contribution in [3.8, 4) is 11.1 Å². The van der Waals surface area contributed by atoms with Crippen molar-refractivity contribution in [1.29, 1.82) is 0 Å². The summed E-state index contributed by atoms with van der Waals surface area (Å²) >= 11 is 5.96. The van der Waals surface area contributed by atoms with Gasteiger partial charge in [-0.3, -0.25) is 0 Å². The molecule has 3 rings (SSSR count). The molecule has 0 aliphatic carbocycles. The van der Waals surface area contributed by atoms with Gasteiger partial charge in [-0.25, -0.2) is 9.18 Å². The van der Waals surface area contributed by atoms with Gasteiger partial charge in [-0.05, 0) is 41.5 Å². The fourth-order valence-corrected chi connectivity index (χ4v) is 2.18. The Labute approximate surface area is 113 Å². The number of fused-ring (bicyclic) bond motifs is 1. The number of halogens is 2. The Morgan fingerprint density at radius 1 is 1.00 bits per heavy atom. The third kappa shape index (κ3) is 2.25.